The second-order valence-electron chi connectivity index (χ2n) is 7.60. The fourth-order valence-corrected chi connectivity index (χ4v) is 5.21. The molecule has 1 N–H and O–H groups in total. The summed E-state index contributed by atoms with van der Waals surface area (Å²) in [6.07, 6.45) is -1.01. The van der Waals surface area contributed by atoms with Crippen LogP contribution in [-0.2, 0) is 0 Å². The van der Waals surface area contributed by atoms with E-state index in [9.17, 15) is 13.2 Å². The number of alkyl halides is 3. The predicted molar refractivity (Wildman–Crippen MR) is 102 cm³/mol. The van der Waals surface area contributed by atoms with E-state index in [1.165, 1.54) is 33.2 Å². The maximum atomic E-state index is 12.6. The fourth-order valence-electron chi connectivity index (χ4n) is 4.43. The van der Waals surface area contributed by atoms with Gasteiger partial charge in [-0.15, -0.1) is 18.3 Å². The van der Waals surface area contributed by atoms with Gasteiger partial charge in [-0.2, -0.15) is 9.36 Å². The fraction of sp³-hybridized carbons (Fsp3) is 0.500. The minimum absolute atomic E-state index is 0.0391. The van der Waals surface area contributed by atoms with E-state index < -0.39 is 6.36 Å². The highest BCUT2D eigenvalue weighted by molar-refractivity contribution is 7.10. The smallest absolute Gasteiger partial charge is 0.402 e. The van der Waals surface area contributed by atoms with Crippen LogP contribution >= 0.6 is 11.5 Å². The molecule has 0 radical (unpaired) electrons. The van der Waals surface area contributed by atoms with E-state index in [0.717, 1.165) is 31.6 Å². The van der Waals surface area contributed by atoms with Gasteiger partial charge >= 0.3 is 6.36 Å². The summed E-state index contributed by atoms with van der Waals surface area (Å²) in [5, 5.41) is 8.87. The Kier molecular flexibility index (Phi) is 4.30. The molecule has 1 aliphatic carbocycles. The van der Waals surface area contributed by atoms with E-state index in [-0.39, 0.29) is 17.4 Å². The van der Waals surface area contributed by atoms with E-state index in [1.54, 1.807) is 6.20 Å². The van der Waals surface area contributed by atoms with Crippen LogP contribution in [0, 0.1) is 18.8 Å². The molecule has 1 saturated carbocycles. The lowest BCUT2D eigenvalue weighted by atomic mass is 9.92. The van der Waals surface area contributed by atoms with Gasteiger partial charge in [-0.1, -0.05) is 0 Å². The molecule has 29 heavy (non-hydrogen) atoms. The normalized spacial score (nSPS) is 24.3. The molecule has 11 heteroatoms. The van der Waals surface area contributed by atoms with Crippen LogP contribution in [0.2, 0.25) is 0 Å². The van der Waals surface area contributed by atoms with E-state index >= 15 is 0 Å². The van der Waals surface area contributed by atoms with Crippen LogP contribution in [0.25, 0.3) is 5.65 Å². The molecule has 3 aromatic heterocycles. The zero-order valence-corrected chi connectivity index (χ0v) is 16.4. The number of anilines is 2. The van der Waals surface area contributed by atoms with Crippen LogP contribution in [0.1, 0.15) is 18.5 Å². The lowest BCUT2D eigenvalue weighted by molar-refractivity contribution is -0.274. The van der Waals surface area contributed by atoms with Crippen molar-refractivity contribution in [1.82, 2.24) is 19.0 Å². The quantitative estimate of drug-likeness (QED) is 0.689. The maximum absolute atomic E-state index is 12.6. The highest BCUT2D eigenvalue weighted by atomic mass is 32.1. The van der Waals surface area contributed by atoms with Crippen LogP contribution in [0.4, 0.5) is 24.1 Å². The van der Waals surface area contributed by atoms with E-state index in [1.807, 2.05) is 6.92 Å². The van der Waals surface area contributed by atoms with Crippen LogP contribution in [-0.4, -0.2) is 44.5 Å². The van der Waals surface area contributed by atoms with Crippen molar-refractivity contribution in [3.63, 3.8) is 0 Å². The van der Waals surface area contributed by atoms with Crippen molar-refractivity contribution in [3.8, 4) is 5.75 Å². The zero-order valence-electron chi connectivity index (χ0n) is 15.6. The Balaban J connectivity index is 1.35. The Hall–Kier alpha value is -2.56. The number of hydrogen-bond acceptors (Lipinski definition) is 7. The second-order valence-corrected chi connectivity index (χ2v) is 8.39. The van der Waals surface area contributed by atoms with Crippen LogP contribution in [0.15, 0.2) is 24.4 Å². The maximum Gasteiger partial charge on any atom is 0.573 e. The Bertz CT molecular complexity index is 1020. The molecule has 1 aliphatic heterocycles. The number of halogens is 3. The van der Waals surface area contributed by atoms with Gasteiger partial charge < -0.3 is 15.0 Å². The third kappa shape index (κ3) is 3.59. The highest BCUT2D eigenvalue weighted by Crippen LogP contribution is 2.41. The largest absolute Gasteiger partial charge is 0.573 e. The van der Waals surface area contributed by atoms with E-state index in [0.29, 0.717) is 17.8 Å². The number of aryl methyl sites for hydroxylation is 1. The molecule has 3 aromatic rings. The molecular weight excluding hydrogens is 405 g/mol. The summed E-state index contributed by atoms with van der Waals surface area (Å²) in [5.41, 5.74) is 1.07. The van der Waals surface area contributed by atoms with E-state index in [2.05, 4.69) is 35.5 Å². The Morgan fingerprint density at radius 1 is 1.24 bits per heavy atom. The molecule has 0 amide bonds. The Labute approximate surface area is 168 Å². The predicted octanol–water partition coefficient (Wildman–Crippen LogP) is 3.72. The van der Waals surface area contributed by atoms with Crippen molar-refractivity contribution in [2.45, 2.75) is 32.2 Å². The molecule has 2 unspecified atom stereocenters. The van der Waals surface area contributed by atoms with Crippen LogP contribution in [0.5, 0.6) is 5.75 Å². The number of ether oxygens (including phenoxy) is 1. The average Bonchev–Trinajstić information content (AvgIpc) is 3.31. The summed E-state index contributed by atoms with van der Waals surface area (Å²) in [4.78, 5) is 6.65. The lowest BCUT2D eigenvalue weighted by Gasteiger charge is -2.38. The molecule has 3 atom stereocenters. The average molecular weight is 424 g/mol. The summed E-state index contributed by atoms with van der Waals surface area (Å²) >= 11 is 1.52. The monoisotopic (exact) mass is 424 g/mol. The summed E-state index contributed by atoms with van der Waals surface area (Å²) in [6, 6.07) is 5.00. The first-order valence-corrected chi connectivity index (χ1v) is 10.2. The third-order valence-electron chi connectivity index (χ3n) is 5.61. The van der Waals surface area contributed by atoms with Crippen molar-refractivity contribution < 1.29 is 17.9 Å². The molecule has 2 fully saturated rings. The van der Waals surface area contributed by atoms with Gasteiger partial charge in [0.05, 0.1) is 5.69 Å². The molecule has 0 spiro atoms. The molecule has 4 heterocycles. The van der Waals surface area contributed by atoms with Gasteiger partial charge in [0.1, 0.15) is 5.00 Å². The van der Waals surface area contributed by atoms with E-state index in [4.69, 9.17) is 0 Å². The number of hydrogen-bond donors (Lipinski definition) is 1. The topological polar surface area (TPSA) is 67.6 Å². The number of piperidine rings is 1. The van der Waals surface area contributed by atoms with Gasteiger partial charge in [0.15, 0.2) is 11.4 Å². The molecule has 5 rings (SSSR count). The number of fused-ring (bicyclic) bond motifs is 3. The van der Waals surface area contributed by atoms with Crippen molar-refractivity contribution in [2.24, 2.45) is 11.8 Å². The first kappa shape index (κ1) is 18.5. The first-order valence-electron chi connectivity index (χ1n) is 9.42. The number of nitrogens with one attached hydrogen (secondary N) is 1. The highest BCUT2D eigenvalue weighted by Gasteiger charge is 2.43. The van der Waals surface area contributed by atoms with Gasteiger partial charge in [0.25, 0.3) is 0 Å². The van der Waals surface area contributed by atoms with Crippen LogP contribution in [0.3, 0.4) is 0 Å². The SMILES string of the molecule is Cc1cc(N2CC3CC[C@@H](C2)C3Nc2nc3c(OC(F)(F)F)cccn3n2)sn1. The molecule has 1 saturated heterocycles. The molecule has 2 aliphatic rings. The van der Waals surface area contributed by atoms with Crippen molar-refractivity contribution in [2.75, 3.05) is 23.3 Å². The molecular formula is C18H19F3N6OS. The van der Waals surface area contributed by atoms with Gasteiger partial charge in [-0.05, 0) is 61.3 Å². The van der Waals surface area contributed by atoms with Gasteiger partial charge in [-0.3, -0.25) is 0 Å². The van der Waals surface area contributed by atoms with Gasteiger partial charge in [0, 0.05) is 25.3 Å². The first-order chi connectivity index (χ1) is 13.9. The van der Waals surface area contributed by atoms with Crippen LogP contribution < -0.4 is 15.0 Å². The molecule has 154 valence electrons. The summed E-state index contributed by atoms with van der Waals surface area (Å²) in [7, 11) is 0. The Morgan fingerprint density at radius 3 is 2.66 bits per heavy atom. The summed E-state index contributed by atoms with van der Waals surface area (Å²) < 4.78 is 47.7. The lowest BCUT2D eigenvalue weighted by Crippen LogP contribution is -2.48. The minimum atomic E-state index is -4.78. The zero-order chi connectivity index (χ0) is 20.2. The number of rotatable bonds is 4. The number of pyridine rings is 1. The third-order valence-corrected chi connectivity index (χ3v) is 6.55. The molecule has 0 aromatic carbocycles. The summed E-state index contributed by atoms with van der Waals surface area (Å²) in [5.74, 6) is 0.813. The minimum Gasteiger partial charge on any atom is -0.402 e. The number of nitrogens with zero attached hydrogens (tertiary/aromatic N) is 5. The molecule has 7 nitrogen and oxygen atoms in total. The number of aromatic nitrogens is 4. The second kappa shape index (κ2) is 6.75. The van der Waals surface area contributed by atoms with Crippen molar-refractivity contribution >= 4 is 28.1 Å². The van der Waals surface area contributed by atoms with Crippen molar-refractivity contribution in [3.05, 3.63) is 30.1 Å². The van der Waals surface area contributed by atoms with Gasteiger partial charge in [0.2, 0.25) is 5.95 Å². The van der Waals surface area contributed by atoms with Crippen molar-refractivity contribution in [1.29, 1.82) is 0 Å². The summed E-state index contributed by atoms with van der Waals surface area (Å²) in [6.45, 7) is 3.84. The Morgan fingerprint density at radius 2 is 2.00 bits per heavy atom. The standard InChI is InChI=1S/C18H19F3N6OS/c1-10-7-14(29-25-10)26-8-11-4-5-12(9-26)15(11)22-17-23-16-13(28-18(19,20)21)3-2-6-27(16)24-17/h2-3,6-7,11-12,15H,4-5,8-9H2,1H3,(H,22,24)/t11-,12?,15?/m0/s1. The van der Waals surface area contributed by atoms with Gasteiger partial charge in [-0.25, -0.2) is 4.52 Å². The molecule has 2 bridgehead atoms.